The highest BCUT2D eigenvalue weighted by Gasteiger charge is 2.29. The van der Waals surface area contributed by atoms with Crippen LogP contribution in [0.4, 0.5) is 5.69 Å². The average molecular weight is 282 g/mol. The maximum Gasteiger partial charge on any atom is 0.225 e. The molecule has 2 aliphatic rings. The molecule has 1 aromatic rings. The predicted octanol–water partition coefficient (Wildman–Crippen LogP) is 1.02. The number of carbonyl (C=O) groups excluding carboxylic acids is 1. The first kappa shape index (κ1) is 14.2. The van der Waals surface area contributed by atoms with E-state index in [0.717, 1.165) is 32.6 Å². The van der Waals surface area contributed by atoms with Crippen LogP contribution in [0.2, 0.25) is 0 Å². The number of para-hydroxylation sites is 1. The molecule has 0 aromatic heterocycles. The van der Waals surface area contributed by atoms with E-state index in [1.165, 1.54) is 5.69 Å². The van der Waals surface area contributed by atoms with Gasteiger partial charge in [0, 0.05) is 37.9 Å². The molecule has 2 N–H and O–H groups in total. The molecule has 0 saturated carbocycles. The highest BCUT2D eigenvalue weighted by atomic mass is 35.5. The van der Waals surface area contributed by atoms with E-state index in [1.807, 2.05) is 6.07 Å². The molecular formula is C14H20ClN3O. The van der Waals surface area contributed by atoms with Gasteiger partial charge in [0.2, 0.25) is 5.91 Å². The summed E-state index contributed by atoms with van der Waals surface area (Å²) in [6.45, 7) is 3.62. The van der Waals surface area contributed by atoms with Gasteiger partial charge < -0.3 is 15.5 Å². The van der Waals surface area contributed by atoms with Crippen molar-refractivity contribution in [1.29, 1.82) is 0 Å². The zero-order valence-electron chi connectivity index (χ0n) is 10.8. The van der Waals surface area contributed by atoms with Crippen LogP contribution in [0.3, 0.4) is 0 Å². The molecule has 3 rings (SSSR count). The predicted molar refractivity (Wildman–Crippen MR) is 78.8 cm³/mol. The molecule has 2 fully saturated rings. The normalized spacial score (nSPS) is 22.5. The second-order valence-electron chi connectivity index (χ2n) is 5.13. The number of nitrogens with zero attached hydrogens (tertiary/aromatic N) is 1. The first-order valence-corrected chi connectivity index (χ1v) is 6.64. The lowest BCUT2D eigenvalue weighted by Gasteiger charge is -2.27. The zero-order chi connectivity index (χ0) is 12.4. The third-order valence-corrected chi connectivity index (χ3v) is 3.81. The number of amides is 1. The number of benzene rings is 1. The second-order valence-corrected chi connectivity index (χ2v) is 5.13. The Hall–Kier alpha value is -1.26. The van der Waals surface area contributed by atoms with Crippen molar-refractivity contribution in [2.75, 3.05) is 31.1 Å². The molecule has 104 valence electrons. The van der Waals surface area contributed by atoms with Crippen LogP contribution in [0.5, 0.6) is 0 Å². The average Bonchev–Trinajstić information content (AvgIpc) is 2.76. The van der Waals surface area contributed by atoms with E-state index in [4.69, 9.17) is 0 Å². The van der Waals surface area contributed by atoms with Crippen LogP contribution in [0, 0.1) is 5.92 Å². The second kappa shape index (κ2) is 6.26. The Bertz CT molecular complexity index is 422. The van der Waals surface area contributed by atoms with Crippen LogP contribution in [0.25, 0.3) is 0 Å². The monoisotopic (exact) mass is 281 g/mol. The summed E-state index contributed by atoms with van der Waals surface area (Å²) in [6, 6.07) is 10.7. The van der Waals surface area contributed by atoms with E-state index < -0.39 is 0 Å². The first-order valence-electron chi connectivity index (χ1n) is 6.64. The Labute approximate surface area is 120 Å². The molecule has 4 nitrogen and oxygen atoms in total. The van der Waals surface area contributed by atoms with Crippen molar-refractivity contribution in [3.05, 3.63) is 30.3 Å². The van der Waals surface area contributed by atoms with Gasteiger partial charge in [-0.2, -0.15) is 0 Å². The molecule has 1 amide bonds. The molecule has 0 radical (unpaired) electrons. The molecule has 0 aliphatic carbocycles. The van der Waals surface area contributed by atoms with Crippen LogP contribution < -0.4 is 15.5 Å². The van der Waals surface area contributed by atoms with Crippen molar-refractivity contribution >= 4 is 24.0 Å². The summed E-state index contributed by atoms with van der Waals surface area (Å²) in [7, 11) is 0. The molecule has 1 aromatic carbocycles. The molecular weight excluding hydrogens is 262 g/mol. The van der Waals surface area contributed by atoms with Crippen LogP contribution in [-0.4, -0.2) is 38.1 Å². The molecule has 0 spiro atoms. The van der Waals surface area contributed by atoms with Gasteiger partial charge in [-0.05, 0) is 18.6 Å². The van der Waals surface area contributed by atoms with Gasteiger partial charge in [0.05, 0.1) is 5.92 Å². The minimum Gasteiger partial charge on any atom is -0.369 e. The molecule has 1 atom stereocenters. The summed E-state index contributed by atoms with van der Waals surface area (Å²) in [5.74, 6) is 0.407. The lowest BCUT2D eigenvalue weighted by Crippen LogP contribution is -2.53. The van der Waals surface area contributed by atoms with Crippen molar-refractivity contribution in [3.8, 4) is 0 Å². The van der Waals surface area contributed by atoms with E-state index in [2.05, 4.69) is 39.8 Å². The molecule has 0 bridgehead atoms. The van der Waals surface area contributed by atoms with Gasteiger partial charge in [0.15, 0.2) is 0 Å². The van der Waals surface area contributed by atoms with Gasteiger partial charge in [-0.15, -0.1) is 12.4 Å². The van der Waals surface area contributed by atoms with Gasteiger partial charge in [0.1, 0.15) is 0 Å². The van der Waals surface area contributed by atoms with Crippen molar-refractivity contribution < 1.29 is 4.79 Å². The zero-order valence-corrected chi connectivity index (χ0v) is 11.7. The lowest BCUT2D eigenvalue weighted by molar-refractivity contribution is -0.127. The van der Waals surface area contributed by atoms with Gasteiger partial charge in [0.25, 0.3) is 0 Å². The summed E-state index contributed by atoms with van der Waals surface area (Å²) < 4.78 is 0. The molecule has 1 unspecified atom stereocenters. The number of carbonyl (C=O) groups is 1. The summed E-state index contributed by atoms with van der Waals surface area (Å²) >= 11 is 0. The Kier molecular flexibility index (Phi) is 4.66. The third-order valence-electron chi connectivity index (χ3n) is 3.81. The highest BCUT2D eigenvalue weighted by Crippen LogP contribution is 2.20. The topological polar surface area (TPSA) is 44.4 Å². The maximum atomic E-state index is 11.9. The summed E-state index contributed by atoms with van der Waals surface area (Å²) in [5.41, 5.74) is 1.25. The van der Waals surface area contributed by atoms with Crippen LogP contribution in [0.15, 0.2) is 30.3 Å². The first-order chi connectivity index (χ1) is 8.83. The Balaban J connectivity index is 0.00000133. The van der Waals surface area contributed by atoms with Crippen molar-refractivity contribution in [2.45, 2.75) is 12.5 Å². The highest BCUT2D eigenvalue weighted by molar-refractivity contribution is 5.85. The fourth-order valence-electron chi connectivity index (χ4n) is 2.54. The Morgan fingerprint density at radius 3 is 2.63 bits per heavy atom. The summed E-state index contributed by atoms with van der Waals surface area (Å²) in [4.78, 5) is 14.2. The quantitative estimate of drug-likeness (QED) is 0.870. The van der Waals surface area contributed by atoms with Gasteiger partial charge in [-0.25, -0.2) is 0 Å². The van der Waals surface area contributed by atoms with E-state index in [0.29, 0.717) is 6.04 Å². The number of hydrogen-bond acceptors (Lipinski definition) is 3. The minimum atomic E-state index is 0. The number of rotatable bonds is 3. The summed E-state index contributed by atoms with van der Waals surface area (Å²) in [5, 5.41) is 6.29. The van der Waals surface area contributed by atoms with Crippen LogP contribution in [-0.2, 0) is 4.79 Å². The van der Waals surface area contributed by atoms with Crippen molar-refractivity contribution in [2.24, 2.45) is 5.92 Å². The number of halogens is 1. The van der Waals surface area contributed by atoms with Crippen LogP contribution in [0.1, 0.15) is 6.42 Å². The van der Waals surface area contributed by atoms with E-state index in [-0.39, 0.29) is 24.2 Å². The number of nitrogens with one attached hydrogen (secondary N) is 2. The maximum absolute atomic E-state index is 11.9. The standard InChI is InChI=1S/C14H19N3O.ClH/c18-14(11-8-15-9-11)16-12-6-7-17(10-12)13-4-2-1-3-5-13;/h1-5,11-12,15H,6-10H2,(H,16,18);1H. The fourth-order valence-corrected chi connectivity index (χ4v) is 2.54. The Morgan fingerprint density at radius 1 is 1.26 bits per heavy atom. The Morgan fingerprint density at radius 2 is 2.00 bits per heavy atom. The minimum absolute atomic E-state index is 0. The number of hydrogen-bond donors (Lipinski definition) is 2. The largest absolute Gasteiger partial charge is 0.369 e. The van der Waals surface area contributed by atoms with E-state index in [9.17, 15) is 4.79 Å². The molecule has 2 aliphatic heterocycles. The molecule has 19 heavy (non-hydrogen) atoms. The van der Waals surface area contributed by atoms with Crippen molar-refractivity contribution in [1.82, 2.24) is 10.6 Å². The van der Waals surface area contributed by atoms with Crippen LogP contribution >= 0.6 is 12.4 Å². The van der Waals surface area contributed by atoms with E-state index >= 15 is 0 Å². The molecule has 5 heteroatoms. The van der Waals surface area contributed by atoms with Gasteiger partial charge >= 0.3 is 0 Å². The molecule has 2 heterocycles. The number of anilines is 1. The van der Waals surface area contributed by atoms with Crippen molar-refractivity contribution in [3.63, 3.8) is 0 Å². The lowest BCUT2D eigenvalue weighted by atomic mass is 10.0. The smallest absolute Gasteiger partial charge is 0.225 e. The molecule has 2 saturated heterocycles. The van der Waals surface area contributed by atoms with Gasteiger partial charge in [-0.3, -0.25) is 4.79 Å². The summed E-state index contributed by atoms with van der Waals surface area (Å²) in [6.07, 6.45) is 1.04. The SMILES string of the molecule is Cl.O=C(NC1CCN(c2ccccc2)C1)C1CNC1. The van der Waals surface area contributed by atoms with Gasteiger partial charge in [-0.1, -0.05) is 18.2 Å². The van der Waals surface area contributed by atoms with E-state index in [1.54, 1.807) is 0 Å². The third kappa shape index (κ3) is 3.19. The fraction of sp³-hybridized carbons (Fsp3) is 0.500.